The minimum atomic E-state index is 0.635. The molecule has 0 aromatic carbocycles. The maximum Gasteiger partial charge on any atom is 0.203 e. The Hall–Kier alpha value is -1.69. The highest BCUT2D eigenvalue weighted by atomic mass is 15.3. The zero-order valence-electron chi connectivity index (χ0n) is 11.9. The van der Waals surface area contributed by atoms with Crippen LogP contribution in [0.2, 0.25) is 0 Å². The first-order chi connectivity index (χ1) is 9.79. The second-order valence-corrected chi connectivity index (χ2v) is 5.64. The lowest BCUT2D eigenvalue weighted by Gasteiger charge is -2.30. The van der Waals surface area contributed by atoms with Gasteiger partial charge < -0.3 is 11.1 Å². The molecule has 0 aliphatic heterocycles. The fourth-order valence-electron chi connectivity index (χ4n) is 3.16. The summed E-state index contributed by atoms with van der Waals surface area (Å²) in [6, 6.07) is 0. The summed E-state index contributed by atoms with van der Waals surface area (Å²) in [5, 5.41) is 11.7. The Labute approximate surface area is 118 Å². The zero-order valence-corrected chi connectivity index (χ0v) is 11.9. The first-order valence-electron chi connectivity index (χ1n) is 7.40. The van der Waals surface area contributed by atoms with Crippen molar-refractivity contribution in [2.24, 2.45) is 17.6 Å². The molecule has 0 radical (unpaired) electrons. The quantitative estimate of drug-likeness (QED) is 0.885. The molecule has 2 aromatic rings. The monoisotopic (exact) mass is 274 g/mol. The molecule has 1 saturated carbocycles. The summed E-state index contributed by atoms with van der Waals surface area (Å²) in [5.41, 5.74) is 6.68. The smallest absolute Gasteiger partial charge is 0.203 e. The van der Waals surface area contributed by atoms with Gasteiger partial charge in [0, 0.05) is 18.9 Å². The SMILES string of the molecule is Cc1nnc2c(NCC3CCCCC3CN)nccn12. The molecule has 0 amide bonds. The van der Waals surface area contributed by atoms with Crippen molar-refractivity contribution < 1.29 is 0 Å². The molecule has 3 rings (SSSR count). The lowest BCUT2D eigenvalue weighted by Crippen LogP contribution is -2.31. The molecule has 2 atom stereocenters. The third kappa shape index (κ3) is 2.47. The van der Waals surface area contributed by atoms with Gasteiger partial charge in [0.05, 0.1) is 0 Å². The Balaban J connectivity index is 1.73. The molecule has 0 saturated heterocycles. The van der Waals surface area contributed by atoms with Crippen LogP contribution in [0.5, 0.6) is 0 Å². The number of hydrogen-bond acceptors (Lipinski definition) is 5. The first kappa shape index (κ1) is 13.3. The minimum Gasteiger partial charge on any atom is -0.367 e. The second kappa shape index (κ2) is 5.75. The van der Waals surface area contributed by atoms with Crippen molar-refractivity contribution in [2.45, 2.75) is 32.6 Å². The normalized spacial score (nSPS) is 23.1. The molecule has 6 nitrogen and oxygen atoms in total. The van der Waals surface area contributed by atoms with Gasteiger partial charge in [0.1, 0.15) is 5.82 Å². The Bertz CT molecular complexity index is 578. The van der Waals surface area contributed by atoms with E-state index in [2.05, 4.69) is 20.5 Å². The van der Waals surface area contributed by atoms with Crippen molar-refractivity contribution in [3.8, 4) is 0 Å². The first-order valence-corrected chi connectivity index (χ1v) is 7.40. The number of rotatable bonds is 4. The number of hydrogen-bond donors (Lipinski definition) is 2. The lowest BCUT2D eigenvalue weighted by atomic mass is 9.79. The van der Waals surface area contributed by atoms with Gasteiger partial charge in [0.2, 0.25) is 5.65 Å². The highest BCUT2D eigenvalue weighted by molar-refractivity contribution is 5.61. The van der Waals surface area contributed by atoms with E-state index >= 15 is 0 Å². The molecule has 0 spiro atoms. The maximum absolute atomic E-state index is 5.89. The van der Waals surface area contributed by atoms with Crippen LogP contribution in [0, 0.1) is 18.8 Å². The topological polar surface area (TPSA) is 81.1 Å². The van der Waals surface area contributed by atoms with Gasteiger partial charge in [-0.3, -0.25) is 4.40 Å². The molecule has 2 heterocycles. The van der Waals surface area contributed by atoms with Gasteiger partial charge in [0.15, 0.2) is 5.82 Å². The Kier molecular flexibility index (Phi) is 3.82. The minimum absolute atomic E-state index is 0.635. The Morgan fingerprint density at radius 1 is 1.30 bits per heavy atom. The van der Waals surface area contributed by atoms with Crippen molar-refractivity contribution in [1.82, 2.24) is 19.6 Å². The molecule has 2 unspecified atom stereocenters. The van der Waals surface area contributed by atoms with Gasteiger partial charge in [0.25, 0.3) is 0 Å². The number of anilines is 1. The highest BCUT2D eigenvalue weighted by Crippen LogP contribution is 2.29. The summed E-state index contributed by atoms with van der Waals surface area (Å²) >= 11 is 0. The van der Waals surface area contributed by atoms with Gasteiger partial charge >= 0.3 is 0 Å². The van der Waals surface area contributed by atoms with E-state index in [0.29, 0.717) is 11.8 Å². The highest BCUT2D eigenvalue weighted by Gasteiger charge is 2.24. The average Bonchev–Trinajstić information content (AvgIpc) is 2.88. The fourth-order valence-corrected chi connectivity index (χ4v) is 3.16. The molecule has 1 aliphatic rings. The van der Waals surface area contributed by atoms with E-state index < -0.39 is 0 Å². The number of aryl methyl sites for hydroxylation is 1. The van der Waals surface area contributed by atoms with Crippen molar-refractivity contribution >= 4 is 11.5 Å². The molecule has 0 bridgehead atoms. The molecular formula is C14H22N6. The third-order valence-electron chi connectivity index (χ3n) is 4.40. The Morgan fingerprint density at radius 3 is 2.90 bits per heavy atom. The maximum atomic E-state index is 5.89. The largest absolute Gasteiger partial charge is 0.367 e. The number of nitrogens with zero attached hydrogens (tertiary/aromatic N) is 4. The standard InChI is InChI=1S/C14H22N6/c1-10-18-19-14-13(16-6-7-20(10)14)17-9-12-5-3-2-4-11(12)8-15/h6-7,11-12H,2-5,8-9,15H2,1H3,(H,16,17). The van der Waals surface area contributed by atoms with Gasteiger partial charge in [-0.25, -0.2) is 4.98 Å². The summed E-state index contributed by atoms with van der Waals surface area (Å²) in [7, 11) is 0. The van der Waals surface area contributed by atoms with Crippen molar-refractivity contribution in [2.75, 3.05) is 18.4 Å². The molecule has 108 valence electrons. The van der Waals surface area contributed by atoms with E-state index in [1.54, 1.807) is 6.20 Å². The van der Waals surface area contributed by atoms with E-state index in [4.69, 9.17) is 5.73 Å². The van der Waals surface area contributed by atoms with Crippen LogP contribution >= 0.6 is 0 Å². The van der Waals surface area contributed by atoms with Crippen LogP contribution in [-0.4, -0.2) is 32.7 Å². The predicted octanol–water partition coefficient (Wildman–Crippen LogP) is 1.61. The summed E-state index contributed by atoms with van der Waals surface area (Å²) in [5.74, 6) is 2.97. The van der Waals surface area contributed by atoms with E-state index in [-0.39, 0.29) is 0 Å². The second-order valence-electron chi connectivity index (χ2n) is 5.64. The molecule has 2 aromatic heterocycles. The molecule has 6 heteroatoms. The molecule has 20 heavy (non-hydrogen) atoms. The van der Waals surface area contributed by atoms with Crippen LogP contribution in [0.15, 0.2) is 12.4 Å². The average molecular weight is 274 g/mol. The van der Waals surface area contributed by atoms with Crippen LogP contribution in [0.25, 0.3) is 5.65 Å². The van der Waals surface area contributed by atoms with Gasteiger partial charge in [-0.2, -0.15) is 0 Å². The lowest BCUT2D eigenvalue weighted by molar-refractivity contribution is 0.255. The van der Waals surface area contributed by atoms with Crippen molar-refractivity contribution in [3.63, 3.8) is 0 Å². The van der Waals surface area contributed by atoms with Crippen molar-refractivity contribution in [1.29, 1.82) is 0 Å². The zero-order chi connectivity index (χ0) is 13.9. The number of aromatic nitrogens is 4. The van der Waals surface area contributed by atoms with E-state index in [0.717, 1.165) is 30.4 Å². The van der Waals surface area contributed by atoms with Gasteiger partial charge in [-0.05, 0) is 38.1 Å². The third-order valence-corrected chi connectivity index (χ3v) is 4.40. The fraction of sp³-hybridized carbons (Fsp3) is 0.643. The number of nitrogens with one attached hydrogen (secondary N) is 1. The predicted molar refractivity (Wildman–Crippen MR) is 78.5 cm³/mol. The number of fused-ring (bicyclic) bond motifs is 1. The Morgan fingerprint density at radius 2 is 2.10 bits per heavy atom. The number of nitrogens with two attached hydrogens (primary N) is 1. The summed E-state index contributed by atoms with van der Waals surface area (Å²) < 4.78 is 1.95. The van der Waals surface area contributed by atoms with Crippen LogP contribution in [0.3, 0.4) is 0 Å². The van der Waals surface area contributed by atoms with E-state index in [9.17, 15) is 0 Å². The summed E-state index contributed by atoms with van der Waals surface area (Å²) in [6.45, 7) is 3.64. The van der Waals surface area contributed by atoms with Crippen LogP contribution < -0.4 is 11.1 Å². The molecule has 1 aliphatic carbocycles. The van der Waals surface area contributed by atoms with E-state index in [1.807, 2.05) is 17.5 Å². The van der Waals surface area contributed by atoms with Gasteiger partial charge in [-0.15, -0.1) is 10.2 Å². The molecular weight excluding hydrogens is 252 g/mol. The van der Waals surface area contributed by atoms with Crippen LogP contribution in [0.4, 0.5) is 5.82 Å². The molecule has 3 N–H and O–H groups in total. The van der Waals surface area contributed by atoms with Crippen molar-refractivity contribution in [3.05, 3.63) is 18.2 Å². The van der Waals surface area contributed by atoms with Crippen LogP contribution in [-0.2, 0) is 0 Å². The van der Waals surface area contributed by atoms with E-state index in [1.165, 1.54) is 25.7 Å². The summed E-state index contributed by atoms with van der Waals surface area (Å²) in [6.07, 6.45) is 8.81. The summed E-state index contributed by atoms with van der Waals surface area (Å²) in [4.78, 5) is 4.39. The van der Waals surface area contributed by atoms with Gasteiger partial charge in [-0.1, -0.05) is 12.8 Å². The van der Waals surface area contributed by atoms with Crippen LogP contribution in [0.1, 0.15) is 31.5 Å². The molecule has 1 fully saturated rings.